The van der Waals surface area contributed by atoms with E-state index in [1.807, 2.05) is 0 Å². The molecule has 0 aliphatic rings. The quantitative estimate of drug-likeness (QED) is 0.789. The molecule has 0 saturated carbocycles. The van der Waals surface area contributed by atoms with E-state index < -0.39 is 5.82 Å². The van der Waals surface area contributed by atoms with Crippen LogP contribution in [0.5, 0.6) is 0 Å². The zero-order valence-corrected chi connectivity index (χ0v) is 11.6. The molecule has 0 unspecified atom stereocenters. The number of carbonyl (C=O) groups excluding carboxylic acids is 1. The first-order valence-corrected chi connectivity index (χ1v) is 6.22. The molecule has 1 heterocycles. The molecule has 0 amide bonds. The first-order valence-electron chi connectivity index (χ1n) is 5.43. The lowest BCUT2D eigenvalue weighted by molar-refractivity contribution is 0.103. The van der Waals surface area contributed by atoms with Gasteiger partial charge in [-0.3, -0.25) is 9.78 Å². The van der Waals surface area contributed by atoms with Crippen molar-refractivity contribution in [2.75, 3.05) is 0 Å². The van der Waals surface area contributed by atoms with Crippen molar-refractivity contribution in [3.8, 4) is 0 Å². The standard InChI is InChI=1S/C14H11BrFNO/c1-8-6-10(7-9(2)17-8)14(18)11-4-3-5-12(15)13(11)16/h3-7H,1-2H3. The third-order valence-corrected chi connectivity index (χ3v) is 3.15. The van der Waals surface area contributed by atoms with Crippen LogP contribution in [-0.2, 0) is 0 Å². The van der Waals surface area contributed by atoms with E-state index >= 15 is 0 Å². The second-order valence-corrected chi connectivity index (χ2v) is 4.92. The Morgan fingerprint density at radius 3 is 2.44 bits per heavy atom. The molecule has 0 spiro atoms. The van der Waals surface area contributed by atoms with E-state index in [0.29, 0.717) is 5.56 Å². The van der Waals surface area contributed by atoms with E-state index in [2.05, 4.69) is 20.9 Å². The molecule has 18 heavy (non-hydrogen) atoms. The molecule has 0 fully saturated rings. The predicted molar refractivity (Wildman–Crippen MR) is 71.2 cm³/mol. The van der Waals surface area contributed by atoms with Crippen molar-refractivity contribution in [2.24, 2.45) is 0 Å². The summed E-state index contributed by atoms with van der Waals surface area (Å²) < 4.78 is 14.1. The van der Waals surface area contributed by atoms with Crippen molar-refractivity contribution in [3.63, 3.8) is 0 Å². The summed E-state index contributed by atoms with van der Waals surface area (Å²) >= 11 is 3.08. The molecule has 2 nitrogen and oxygen atoms in total. The second kappa shape index (κ2) is 4.98. The number of rotatable bonds is 2. The van der Waals surface area contributed by atoms with Gasteiger partial charge < -0.3 is 0 Å². The molecule has 1 aromatic heterocycles. The first-order chi connectivity index (χ1) is 8.49. The number of ketones is 1. The summed E-state index contributed by atoms with van der Waals surface area (Å²) in [6.07, 6.45) is 0. The second-order valence-electron chi connectivity index (χ2n) is 4.07. The summed E-state index contributed by atoms with van der Waals surface area (Å²) in [7, 11) is 0. The van der Waals surface area contributed by atoms with Crippen LogP contribution in [0.1, 0.15) is 27.3 Å². The van der Waals surface area contributed by atoms with Crippen molar-refractivity contribution in [2.45, 2.75) is 13.8 Å². The highest BCUT2D eigenvalue weighted by Crippen LogP contribution is 2.21. The third-order valence-electron chi connectivity index (χ3n) is 2.54. The van der Waals surface area contributed by atoms with Crippen molar-refractivity contribution >= 4 is 21.7 Å². The number of carbonyl (C=O) groups is 1. The molecule has 0 radical (unpaired) electrons. The maximum absolute atomic E-state index is 13.9. The molecule has 0 aliphatic heterocycles. The Morgan fingerprint density at radius 1 is 1.22 bits per heavy atom. The zero-order chi connectivity index (χ0) is 13.3. The summed E-state index contributed by atoms with van der Waals surface area (Å²) in [5, 5.41) is 0. The van der Waals surface area contributed by atoms with Crippen LogP contribution < -0.4 is 0 Å². The fraction of sp³-hybridized carbons (Fsp3) is 0.143. The Kier molecular flexibility index (Phi) is 3.57. The highest BCUT2D eigenvalue weighted by Gasteiger charge is 2.16. The van der Waals surface area contributed by atoms with Gasteiger partial charge in [0, 0.05) is 17.0 Å². The van der Waals surface area contributed by atoms with Gasteiger partial charge in [0.25, 0.3) is 0 Å². The highest BCUT2D eigenvalue weighted by atomic mass is 79.9. The van der Waals surface area contributed by atoms with Gasteiger partial charge in [-0.15, -0.1) is 0 Å². The maximum atomic E-state index is 13.9. The summed E-state index contributed by atoms with van der Waals surface area (Å²) in [5.41, 5.74) is 2.01. The smallest absolute Gasteiger partial charge is 0.196 e. The lowest BCUT2D eigenvalue weighted by Gasteiger charge is -2.06. The minimum absolute atomic E-state index is 0.0642. The fourth-order valence-corrected chi connectivity index (χ4v) is 2.17. The van der Waals surface area contributed by atoms with E-state index in [9.17, 15) is 9.18 Å². The van der Waals surface area contributed by atoms with Gasteiger partial charge in [-0.1, -0.05) is 6.07 Å². The van der Waals surface area contributed by atoms with Gasteiger partial charge in [-0.2, -0.15) is 0 Å². The Morgan fingerprint density at radius 2 is 1.83 bits per heavy atom. The largest absolute Gasteiger partial charge is 0.288 e. The van der Waals surface area contributed by atoms with Crippen molar-refractivity contribution < 1.29 is 9.18 Å². The Bertz CT molecular complexity index is 605. The van der Waals surface area contributed by atoms with Crippen LogP contribution in [0, 0.1) is 19.7 Å². The van der Waals surface area contributed by atoms with Gasteiger partial charge in [0.05, 0.1) is 10.0 Å². The molecular weight excluding hydrogens is 297 g/mol. The zero-order valence-electron chi connectivity index (χ0n) is 10.00. The van der Waals surface area contributed by atoms with E-state index in [1.165, 1.54) is 6.07 Å². The number of benzene rings is 1. The van der Waals surface area contributed by atoms with Gasteiger partial charge in [0.1, 0.15) is 5.82 Å². The molecule has 2 rings (SSSR count). The molecule has 0 N–H and O–H groups in total. The Hall–Kier alpha value is -1.55. The molecule has 4 heteroatoms. The molecule has 92 valence electrons. The summed E-state index contributed by atoms with van der Waals surface area (Å²) in [6, 6.07) is 8.01. The maximum Gasteiger partial charge on any atom is 0.196 e. The van der Waals surface area contributed by atoms with E-state index in [1.54, 1.807) is 38.1 Å². The van der Waals surface area contributed by atoms with Crippen LogP contribution in [0.3, 0.4) is 0 Å². The Labute approximate surface area is 113 Å². The highest BCUT2D eigenvalue weighted by molar-refractivity contribution is 9.10. The summed E-state index contributed by atoms with van der Waals surface area (Å²) in [5.74, 6) is -0.864. The van der Waals surface area contributed by atoms with E-state index in [4.69, 9.17) is 0 Å². The molecule has 1 aromatic carbocycles. The van der Waals surface area contributed by atoms with Crippen LogP contribution >= 0.6 is 15.9 Å². The van der Waals surface area contributed by atoms with E-state index in [-0.39, 0.29) is 15.8 Å². The van der Waals surface area contributed by atoms with Gasteiger partial charge in [0.2, 0.25) is 0 Å². The minimum Gasteiger partial charge on any atom is -0.288 e. The number of halogens is 2. The normalized spacial score (nSPS) is 10.4. The van der Waals surface area contributed by atoms with Gasteiger partial charge in [0.15, 0.2) is 5.78 Å². The Balaban J connectivity index is 2.51. The SMILES string of the molecule is Cc1cc(C(=O)c2cccc(Br)c2F)cc(C)n1. The van der Waals surface area contributed by atoms with Crippen molar-refractivity contribution in [1.82, 2.24) is 4.98 Å². The number of aromatic nitrogens is 1. The summed E-state index contributed by atoms with van der Waals surface area (Å²) in [4.78, 5) is 16.4. The fourth-order valence-electron chi connectivity index (χ4n) is 1.80. The molecule has 0 bridgehead atoms. The topological polar surface area (TPSA) is 30.0 Å². The molecular formula is C14H11BrFNO. The van der Waals surface area contributed by atoms with Crippen LogP contribution in [0.4, 0.5) is 4.39 Å². The van der Waals surface area contributed by atoms with E-state index in [0.717, 1.165) is 11.4 Å². The first kappa shape index (κ1) is 12.9. The predicted octanol–water partition coefficient (Wildman–Crippen LogP) is 3.83. The number of nitrogens with zero attached hydrogens (tertiary/aromatic N) is 1. The van der Waals surface area contributed by atoms with Gasteiger partial charge in [-0.05, 0) is 54.0 Å². The van der Waals surface area contributed by atoms with Crippen LogP contribution in [0.2, 0.25) is 0 Å². The van der Waals surface area contributed by atoms with Gasteiger partial charge in [-0.25, -0.2) is 4.39 Å². The molecule has 0 atom stereocenters. The van der Waals surface area contributed by atoms with Crippen molar-refractivity contribution in [3.05, 3.63) is 63.1 Å². The molecule has 0 saturated heterocycles. The molecule has 0 aliphatic carbocycles. The lowest BCUT2D eigenvalue weighted by Crippen LogP contribution is -2.06. The number of aryl methyl sites for hydroxylation is 2. The van der Waals surface area contributed by atoms with Crippen molar-refractivity contribution in [1.29, 1.82) is 0 Å². The van der Waals surface area contributed by atoms with Gasteiger partial charge >= 0.3 is 0 Å². The number of hydrogen-bond donors (Lipinski definition) is 0. The average molecular weight is 308 g/mol. The lowest BCUT2D eigenvalue weighted by atomic mass is 10.0. The number of pyridine rings is 1. The average Bonchev–Trinajstić information content (AvgIpc) is 2.30. The minimum atomic E-state index is -0.533. The monoisotopic (exact) mass is 307 g/mol. The number of hydrogen-bond acceptors (Lipinski definition) is 2. The third kappa shape index (κ3) is 2.48. The van der Waals surface area contributed by atoms with Crippen LogP contribution in [0.25, 0.3) is 0 Å². The molecule has 2 aromatic rings. The summed E-state index contributed by atoms with van der Waals surface area (Å²) in [6.45, 7) is 3.61. The van der Waals surface area contributed by atoms with Crippen LogP contribution in [0.15, 0.2) is 34.8 Å². The van der Waals surface area contributed by atoms with Crippen LogP contribution in [-0.4, -0.2) is 10.8 Å².